The maximum absolute atomic E-state index is 13.6. The molecule has 0 unspecified atom stereocenters. The Hall–Kier alpha value is -1.95. The zero-order chi connectivity index (χ0) is 13.3. The van der Waals surface area contributed by atoms with E-state index in [0.717, 1.165) is 12.1 Å². The molecule has 0 fully saturated rings. The fourth-order valence-corrected chi connectivity index (χ4v) is 1.60. The number of nitrogen functional groups attached to an aromatic ring is 1. The van der Waals surface area contributed by atoms with Crippen molar-refractivity contribution in [3.05, 3.63) is 40.6 Å². The van der Waals surface area contributed by atoms with E-state index >= 15 is 0 Å². The summed E-state index contributed by atoms with van der Waals surface area (Å²) >= 11 is 5.76. The number of hydrogen-bond donors (Lipinski definition) is 2. The second kappa shape index (κ2) is 4.73. The summed E-state index contributed by atoms with van der Waals surface area (Å²) in [6, 6.07) is 1.74. The summed E-state index contributed by atoms with van der Waals surface area (Å²) in [6.45, 7) is 1.72. The third kappa shape index (κ3) is 2.48. The molecule has 0 spiro atoms. The second-order valence-electron chi connectivity index (χ2n) is 3.63. The lowest BCUT2D eigenvalue weighted by Crippen LogP contribution is -2.03. The summed E-state index contributed by atoms with van der Waals surface area (Å²) in [5.74, 6) is -1.20. The predicted octanol–water partition coefficient (Wildman–Crippen LogP) is 3.04. The molecule has 2 aromatic rings. The van der Waals surface area contributed by atoms with Crippen molar-refractivity contribution in [1.82, 2.24) is 9.97 Å². The zero-order valence-electron chi connectivity index (χ0n) is 9.34. The molecule has 0 radical (unpaired) electrons. The molecule has 0 aliphatic heterocycles. The SMILES string of the molecule is Cc1cnc(N)nc1Nc1c(F)cc(F)cc1Cl. The minimum atomic E-state index is -0.809. The first kappa shape index (κ1) is 12.5. The third-order valence-electron chi connectivity index (χ3n) is 2.24. The Labute approximate surface area is 107 Å². The van der Waals surface area contributed by atoms with Gasteiger partial charge in [0.05, 0.1) is 10.7 Å². The predicted molar refractivity (Wildman–Crippen MR) is 65.8 cm³/mol. The van der Waals surface area contributed by atoms with Crippen LogP contribution in [0.2, 0.25) is 5.02 Å². The van der Waals surface area contributed by atoms with Crippen LogP contribution >= 0.6 is 11.6 Å². The fraction of sp³-hybridized carbons (Fsp3) is 0.0909. The van der Waals surface area contributed by atoms with E-state index in [-0.39, 0.29) is 16.7 Å². The lowest BCUT2D eigenvalue weighted by molar-refractivity contribution is 0.586. The summed E-state index contributed by atoms with van der Waals surface area (Å²) < 4.78 is 26.5. The Bertz CT molecular complexity index is 581. The number of anilines is 3. The van der Waals surface area contributed by atoms with Gasteiger partial charge in [-0.2, -0.15) is 4.98 Å². The summed E-state index contributed by atoms with van der Waals surface area (Å²) in [6.07, 6.45) is 1.49. The molecular weight excluding hydrogens is 262 g/mol. The number of nitrogens with two attached hydrogens (primary N) is 1. The first-order valence-electron chi connectivity index (χ1n) is 4.98. The molecular formula is C11H9ClF2N4. The van der Waals surface area contributed by atoms with Gasteiger partial charge in [0.25, 0.3) is 0 Å². The van der Waals surface area contributed by atoms with Crippen molar-refractivity contribution in [1.29, 1.82) is 0 Å². The average molecular weight is 271 g/mol. The van der Waals surface area contributed by atoms with E-state index < -0.39 is 11.6 Å². The Kier molecular flexibility index (Phi) is 3.29. The fourth-order valence-electron chi connectivity index (χ4n) is 1.36. The zero-order valence-corrected chi connectivity index (χ0v) is 10.1. The number of aryl methyl sites for hydroxylation is 1. The average Bonchev–Trinajstić information content (AvgIpc) is 2.28. The van der Waals surface area contributed by atoms with E-state index in [4.69, 9.17) is 17.3 Å². The van der Waals surface area contributed by atoms with Crippen LogP contribution in [0.15, 0.2) is 18.3 Å². The maximum Gasteiger partial charge on any atom is 0.221 e. The monoisotopic (exact) mass is 270 g/mol. The number of halogens is 3. The van der Waals surface area contributed by atoms with Crippen LogP contribution in [0.5, 0.6) is 0 Å². The van der Waals surface area contributed by atoms with Gasteiger partial charge in [0.15, 0.2) is 5.82 Å². The smallest absolute Gasteiger partial charge is 0.221 e. The van der Waals surface area contributed by atoms with Crippen LogP contribution in [-0.4, -0.2) is 9.97 Å². The van der Waals surface area contributed by atoms with Crippen molar-refractivity contribution in [2.45, 2.75) is 6.92 Å². The second-order valence-corrected chi connectivity index (χ2v) is 4.04. The number of nitrogens with one attached hydrogen (secondary N) is 1. The molecule has 0 aliphatic carbocycles. The molecule has 94 valence electrons. The highest BCUT2D eigenvalue weighted by atomic mass is 35.5. The Balaban J connectivity index is 2.43. The normalized spacial score (nSPS) is 10.4. The lowest BCUT2D eigenvalue weighted by atomic mass is 10.2. The van der Waals surface area contributed by atoms with Crippen LogP contribution in [0.3, 0.4) is 0 Å². The Morgan fingerprint density at radius 2 is 2.06 bits per heavy atom. The molecule has 2 rings (SSSR count). The molecule has 7 heteroatoms. The van der Waals surface area contributed by atoms with Gasteiger partial charge in [0.1, 0.15) is 11.6 Å². The lowest BCUT2D eigenvalue weighted by Gasteiger charge is -2.11. The van der Waals surface area contributed by atoms with Gasteiger partial charge in [-0.1, -0.05) is 11.6 Å². The van der Waals surface area contributed by atoms with E-state index in [9.17, 15) is 8.78 Å². The minimum Gasteiger partial charge on any atom is -0.368 e. The molecule has 3 N–H and O–H groups in total. The van der Waals surface area contributed by atoms with E-state index in [1.165, 1.54) is 6.20 Å². The van der Waals surface area contributed by atoms with Gasteiger partial charge in [-0.15, -0.1) is 0 Å². The van der Waals surface area contributed by atoms with Crippen molar-refractivity contribution in [2.24, 2.45) is 0 Å². The molecule has 0 aliphatic rings. The molecule has 0 saturated heterocycles. The molecule has 18 heavy (non-hydrogen) atoms. The molecule has 0 amide bonds. The number of nitrogens with zero attached hydrogens (tertiary/aromatic N) is 2. The van der Waals surface area contributed by atoms with Gasteiger partial charge in [-0.05, 0) is 13.0 Å². The van der Waals surface area contributed by atoms with Gasteiger partial charge < -0.3 is 11.1 Å². The Morgan fingerprint density at radius 1 is 1.33 bits per heavy atom. The number of rotatable bonds is 2. The van der Waals surface area contributed by atoms with E-state index in [0.29, 0.717) is 11.4 Å². The molecule has 1 heterocycles. The van der Waals surface area contributed by atoms with E-state index in [1.54, 1.807) is 6.92 Å². The van der Waals surface area contributed by atoms with Gasteiger partial charge >= 0.3 is 0 Å². The van der Waals surface area contributed by atoms with Gasteiger partial charge in [-0.3, -0.25) is 0 Å². The molecule has 0 bridgehead atoms. The first-order valence-corrected chi connectivity index (χ1v) is 5.36. The highest BCUT2D eigenvalue weighted by Crippen LogP contribution is 2.29. The molecule has 0 atom stereocenters. The minimum absolute atomic E-state index is 0.0433. The summed E-state index contributed by atoms with van der Waals surface area (Å²) in [4.78, 5) is 7.69. The van der Waals surface area contributed by atoms with Crippen molar-refractivity contribution >= 4 is 29.1 Å². The summed E-state index contributed by atoms with van der Waals surface area (Å²) in [5, 5.41) is 2.59. The largest absolute Gasteiger partial charge is 0.368 e. The van der Waals surface area contributed by atoms with E-state index in [1.807, 2.05) is 0 Å². The highest BCUT2D eigenvalue weighted by Gasteiger charge is 2.12. The summed E-state index contributed by atoms with van der Waals surface area (Å²) in [7, 11) is 0. The third-order valence-corrected chi connectivity index (χ3v) is 2.54. The van der Waals surface area contributed by atoms with Crippen molar-refractivity contribution < 1.29 is 8.78 Å². The standard InChI is InChI=1S/C11H9ClF2N4/c1-5-4-16-11(15)18-10(5)17-9-7(12)2-6(13)3-8(9)14/h2-4H,1H3,(H3,15,16,17,18). The van der Waals surface area contributed by atoms with Crippen LogP contribution in [0, 0.1) is 18.6 Å². The number of benzene rings is 1. The quantitative estimate of drug-likeness (QED) is 0.880. The van der Waals surface area contributed by atoms with Crippen LogP contribution in [0.4, 0.5) is 26.2 Å². The van der Waals surface area contributed by atoms with Gasteiger partial charge in [0.2, 0.25) is 5.95 Å². The molecule has 0 saturated carbocycles. The van der Waals surface area contributed by atoms with Crippen LogP contribution in [0.1, 0.15) is 5.56 Å². The van der Waals surface area contributed by atoms with Crippen molar-refractivity contribution in [3.63, 3.8) is 0 Å². The maximum atomic E-state index is 13.6. The first-order chi connectivity index (χ1) is 8.47. The van der Waals surface area contributed by atoms with Crippen LogP contribution in [0.25, 0.3) is 0 Å². The van der Waals surface area contributed by atoms with Crippen LogP contribution < -0.4 is 11.1 Å². The van der Waals surface area contributed by atoms with E-state index in [2.05, 4.69) is 15.3 Å². The van der Waals surface area contributed by atoms with Gasteiger partial charge in [0, 0.05) is 17.8 Å². The number of hydrogen-bond acceptors (Lipinski definition) is 4. The molecule has 1 aromatic carbocycles. The molecule has 4 nitrogen and oxygen atoms in total. The summed E-state index contributed by atoms with van der Waals surface area (Å²) in [5.41, 5.74) is 6.03. The number of aromatic nitrogens is 2. The molecule has 1 aromatic heterocycles. The highest BCUT2D eigenvalue weighted by molar-refractivity contribution is 6.33. The van der Waals surface area contributed by atoms with Gasteiger partial charge in [-0.25, -0.2) is 13.8 Å². The van der Waals surface area contributed by atoms with Crippen molar-refractivity contribution in [2.75, 3.05) is 11.1 Å². The van der Waals surface area contributed by atoms with Crippen LogP contribution in [-0.2, 0) is 0 Å². The topological polar surface area (TPSA) is 63.8 Å². The van der Waals surface area contributed by atoms with Crippen molar-refractivity contribution in [3.8, 4) is 0 Å². The Morgan fingerprint density at radius 3 is 2.72 bits per heavy atom.